The second-order valence-electron chi connectivity index (χ2n) is 23.1. The highest BCUT2D eigenvalue weighted by molar-refractivity contribution is 5.99. The van der Waals surface area contributed by atoms with Gasteiger partial charge in [-0.25, -0.2) is 9.59 Å². The number of nitrogens with one attached hydrogen (secondary N) is 4. The molecule has 27 heteroatoms. The van der Waals surface area contributed by atoms with Gasteiger partial charge < -0.3 is 70.3 Å². The van der Waals surface area contributed by atoms with Crippen LogP contribution in [0.3, 0.4) is 0 Å². The van der Waals surface area contributed by atoms with Crippen LogP contribution >= 0.6 is 0 Å². The Morgan fingerprint density at radius 3 is 0.838 bits per heavy atom. The fourth-order valence-electron chi connectivity index (χ4n) is 13.0. The van der Waals surface area contributed by atoms with Gasteiger partial charge in [0.15, 0.2) is 0 Å². The Kier molecular flexibility index (Phi) is 18.9. The predicted octanol–water partition coefficient (Wildman–Crippen LogP) is -2.13. The summed E-state index contributed by atoms with van der Waals surface area (Å²) >= 11 is 0. The van der Waals surface area contributed by atoms with E-state index in [0.29, 0.717) is 116 Å². The third-order valence-corrected chi connectivity index (χ3v) is 16.8. The van der Waals surface area contributed by atoms with Crippen molar-refractivity contribution in [3.63, 3.8) is 0 Å². The molecule has 0 spiro atoms. The van der Waals surface area contributed by atoms with Crippen molar-refractivity contribution in [2.45, 2.75) is 177 Å². The summed E-state index contributed by atoms with van der Waals surface area (Å²) in [5, 5.41) is 20.0. The molecule has 0 aromatic heterocycles. The molecule has 8 heterocycles. The standard InChI is InChI=1S/C53H78N12O15/c1-53(2,3)80-52(79)57-31-43(69)61-23-9-17-37(61)49(75)64-26-6-14-34(64)46(72)55-29-41(67)59-21-7-15-35(59)47(73)62-24-4-12-32(62)44(70)54-28-40(66)58-20-8-16-36(58)48(74)63-25-5-13-33(63)45(71)56-30-42(68)60-22-10-18-38(60)50(76)65-27-11-19-39(65)51(77)78/h32-39H,4-31H2,1-3H3,(H,54,70)(H,55,72)(H,56,71)(H,57,79)(H,77,78)/t32-,33-,34-,35-,36-,37-,38-,39-/m0/s1. The fourth-order valence-corrected chi connectivity index (χ4v) is 13.0. The number of carboxylic acid groups (broad SMARTS) is 1. The number of carbonyl (C=O) groups excluding carboxylic acids is 12. The van der Waals surface area contributed by atoms with Gasteiger partial charge in [-0.3, -0.25) is 52.7 Å². The van der Waals surface area contributed by atoms with E-state index in [1.165, 1.54) is 39.2 Å². The first kappa shape index (κ1) is 59.0. The number of carboxylic acids is 1. The Morgan fingerprint density at radius 1 is 0.350 bits per heavy atom. The normalized spacial score (nSPS) is 26.7. The zero-order chi connectivity index (χ0) is 57.6. The summed E-state index contributed by atoms with van der Waals surface area (Å²) in [4.78, 5) is 185. The number of alkyl carbamates (subject to hydrolysis) is 1. The first-order valence-electron chi connectivity index (χ1n) is 28.6. The third-order valence-electron chi connectivity index (χ3n) is 16.8. The van der Waals surface area contributed by atoms with Crippen LogP contribution in [0.15, 0.2) is 0 Å². The van der Waals surface area contributed by atoms with Crippen molar-refractivity contribution >= 4 is 77.0 Å². The molecule has 0 saturated carbocycles. The van der Waals surface area contributed by atoms with Crippen LogP contribution in [-0.4, -0.2) is 254 Å². The highest BCUT2D eigenvalue weighted by Crippen LogP contribution is 2.30. The number of carbonyl (C=O) groups is 13. The van der Waals surface area contributed by atoms with Crippen molar-refractivity contribution in [3.05, 3.63) is 0 Å². The Bertz CT molecular complexity index is 2470. The SMILES string of the molecule is CC(C)(C)OC(=O)NCC(=O)N1CCC[C@H]1C(=O)N1CCC[C@H]1C(=O)NCC(=O)N1CCC[C@H]1C(=O)N1CCC[C@H]1C(=O)NCC(=O)N1CCC[C@H]1C(=O)N1CCC[C@H]1C(=O)NCC(=O)N1CCC[C@H]1C(=O)N1CCC[C@H]1C(=O)O. The summed E-state index contributed by atoms with van der Waals surface area (Å²) < 4.78 is 5.21. The Morgan fingerprint density at radius 2 is 0.575 bits per heavy atom. The van der Waals surface area contributed by atoms with Crippen LogP contribution in [0, 0.1) is 0 Å². The molecule has 0 radical (unpaired) electrons. The zero-order valence-corrected chi connectivity index (χ0v) is 46.2. The van der Waals surface area contributed by atoms with Crippen molar-refractivity contribution in [1.29, 1.82) is 0 Å². The second-order valence-corrected chi connectivity index (χ2v) is 23.1. The van der Waals surface area contributed by atoms with E-state index in [1.54, 1.807) is 20.8 Å². The fraction of sp³-hybridized carbons (Fsp3) is 0.755. The molecule has 12 amide bonds. The van der Waals surface area contributed by atoms with Crippen LogP contribution in [0.1, 0.15) is 124 Å². The van der Waals surface area contributed by atoms with Gasteiger partial charge in [-0.1, -0.05) is 0 Å². The largest absolute Gasteiger partial charge is 0.480 e. The van der Waals surface area contributed by atoms with Crippen molar-refractivity contribution in [2.24, 2.45) is 0 Å². The Balaban J connectivity index is 0.780. The van der Waals surface area contributed by atoms with Crippen LogP contribution in [-0.2, 0) is 62.3 Å². The van der Waals surface area contributed by atoms with Gasteiger partial charge in [0.2, 0.25) is 65.0 Å². The van der Waals surface area contributed by atoms with Gasteiger partial charge >= 0.3 is 12.1 Å². The van der Waals surface area contributed by atoms with Crippen LogP contribution in [0.4, 0.5) is 4.79 Å². The number of amides is 12. The minimum Gasteiger partial charge on any atom is -0.480 e. The summed E-state index contributed by atoms with van der Waals surface area (Å²) in [7, 11) is 0. The maximum absolute atomic E-state index is 14.2. The summed E-state index contributed by atoms with van der Waals surface area (Å²) in [5.41, 5.74) is -0.763. The van der Waals surface area contributed by atoms with Crippen molar-refractivity contribution in [1.82, 2.24) is 60.5 Å². The van der Waals surface area contributed by atoms with Gasteiger partial charge in [0, 0.05) is 52.4 Å². The molecule has 8 atom stereocenters. The van der Waals surface area contributed by atoms with Crippen molar-refractivity contribution in [3.8, 4) is 0 Å². The van der Waals surface area contributed by atoms with E-state index in [9.17, 15) is 67.4 Å². The Labute approximate surface area is 464 Å². The molecule has 8 aliphatic heterocycles. The first-order chi connectivity index (χ1) is 38.1. The second kappa shape index (κ2) is 25.6. The van der Waals surface area contributed by atoms with E-state index in [1.807, 2.05) is 0 Å². The molecule has 0 aliphatic carbocycles. The van der Waals surface area contributed by atoms with Gasteiger partial charge in [0.25, 0.3) is 0 Å². The third kappa shape index (κ3) is 13.2. The number of aliphatic carboxylic acids is 1. The average molecular weight is 1120 g/mol. The summed E-state index contributed by atoms with van der Waals surface area (Å²) in [5.74, 6) is -6.40. The van der Waals surface area contributed by atoms with E-state index >= 15 is 0 Å². The van der Waals surface area contributed by atoms with Crippen LogP contribution in [0.25, 0.3) is 0 Å². The molecule has 8 fully saturated rings. The quantitative estimate of drug-likeness (QED) is 0.110. The number of hydrogen-bond acceptors (Lipinski definition) is 14. The minimum atomic E-state index is -1.09. The molecule has 0 unspecified atom stereocenters. The maximum Gasteiger partial charge on any atom is 0.408 e. The van der Waals surface area contributed by atoms with Gasteiger partial charge in [-0.05, 0) is 124 Å². The maximum atomic E-state index is 14.2. The lowest BCUT2D eigenvalue weighted by Gasteiger charge is -2.32. The molecule has 0 bridgehead atoms. The molecule has 27 nitrogen and oxygen atoms in total. The molecule has 8 rings (SSSR count). The van der Waals surface area contributed by atoms with Crippen molar-refractivity contribution in [2.75, 3.05) is 78.5 Å². The molecule has 0 aromatic rings. The van der Waals surface area contributed by atoms with E-state index < -0.39 is 151 Å². The monoisotopic (exact) mass is 1120 g/mol. The topological polar surface area (TPSA) is 325 Å². The predicted molar refractivity (Wildman–Crippen MR) is 279 cm³/mol. The molecular weight excluding hydrogens is 1040 g/mol. The summed E-state index contributed by atoms with van der Waals surface area (Å²) in [6, 6.07) is -7.09. The first-order valence-corrected chi connectivity index (χ1v) is 28.6. The number of hydrogen-bond donors (Lipinski definition) is 5. The van der Waals surface area contributed by atoms with E-state index in [4.69, 9.17) is 4.74 Å². The van der Waals surface area contributed by atoms with E-state index in [0.717, 1.165) is 0 Å². The molecule has 8 aliphatic rings. The molecule has 8 saturated heterocycles. The van der Waals surface area contributed by atoms with Gasteiger partial charge in [0.1, 0.15) is 60.5 Å². The highest BCUT2D eigenvalue weighted by atomic mass is 16.6. The van der Waals surface area contributed by atoms with Crippen molar-refractivity contribution < 1.29 is 72.2 Å². The van der Waals surface area contributed by atoms with Gasteiger partial charge in [-0.2, -0.15) is 0 Å². The number of likely N-dealkylation sites (tertiary alicyclic amines) is 8. The van der Waals surface area contributed by atoms with Crippen LogP contribution in [0.5, 0.6) is 0 Å². The lowest BCUT2D eigenvalue weighted by Crippen LogP contribution is -2.56. The highest BCUT2D eigenvalue weighted by Gasteiger charge is 2.47. The molecule has 80 heavy (non-hydrogen) atoms. The van der Waals surface area contributed by atoms with Gasteiger partial charge in [-0.15, -0.1) is 0 Å². The number of ether oxygens (including phenoxy) is 1. The molecule has 5 N–H and O–H groups in total. The smallest absolute Gasteiger partial charge is 0.408 e. The molecule has 440 valence electrons. The van der Waals surface area contributed by atoms with Crippen LogP contribution in [0.2, 0.25) is 0 Å². The van der Waals surface area contributed by atoms with Gasteiger partial charge in [0.05, 0.1) is 19.6 Å². The summed E-state index contributed by atoms with van der Waals surface area (Å²) in [6.07, 6.45) is 6.18. The number of nitrogens with zero attached hydrogens (tertiary/aromatic N) is 8. The zero-order valence-electron chi connectivity index (χ0n) is 46.2. The molecule has 0 aromatic carbocycles. The number of rotatable bonds is 16. The van der Waals surface area contributed by atoms with E-state index in [-0.39, 0.29) is 45.8 Å². The lowest BCUT2D eigenvalue weighted by molar-refractivity contribution is -0.151. The summed E-state index contributed by atoms with van der Waals surface area (Å²) in [6.45, 7) is 5.54. The lowest BCUT2D eigenvalue weighted by atomic mass is 10.1. The molecular formula is C53H78N12O15. The Hall–Kier alpha value is -7.09. The van der Waals surface area contributed by atoms with Crippen LogP contribution < -0.4 is 21.3 Å². The minimum absolute atomic E-state index is 0.237. The van der Waals surface area contributed by atoms with E-state index in [2.05, 4.69) is 21.3 Å². The average Bonchev–Trinajstić information content (AvgIpc) is 4.31.